The van der Waals surface area contributed by atoms with Crippen LogP contribution in [0.4, 0.5) is 5.69 Å². The van der Waals surface area contributed by atoms with Crippen LogP contribution in [-0.2, 0) is 27.3 Å². The zero-order valence-electron chi connectivity index (χ0n) is 19.0. The second-order valence-electron chi connectivity index (χ2n) is 7.95. The number of halogens is 2. The van der Waals surface area contributed by atoms with Crippen LogP contribution in [-0.4, -0.2) is 11.3 Å². The molecule has 1 N–H and O–H groups in total. The van der Waals surface area contributed by atoms with Gasteiger partial charge in [0, 0.05) is 11.8 Å². The third-order valence-corrected chi connectivity index (χ3v) is 5.32. The van der Waals surface area contributed by atoms with Gasteiger partial charge in [-0.25, -0.2) is 0 Å². The van der Waals surface area contributed by atoms with Crippen LogP contribution >= 0.6 is 17.0 Å². The Balaban J connectivity index is 0.00000151. The first-order valence-electron chi connectivity index (χ1n) is 11.5. The first-order chi connectivity index (χ1) is 15.1. The standard InChI is InChI=1S/C26H37NO.2ClH.Zr/c1-3-4-5-6-7-8-9-10-11-13-16-23-19-22(2)26(28)24(20-23)21-27-25-17-14-12-15-18-25;;;/h12,14-15,17-21,28H,3-11,13,16H2,1-2H3;2*1H;/q;;;+2/p-2. The monoisotopic (exact) mass is 539 g/mol. The zero-order valence-corrected chi connectivity index (χ0v) is 23.0. The first-order valence-corrected chi connectivity index (χ1v) is 17.8. The molecule has 0 aliphatic rings. The molecule has 5 heteroatoms. The predicted molar refractivity (Wildman–Crippen MR) is 134 cm³/mol. The average molecular weight is 542 g/mol. The Morgan fingerprint density at radius 1 is 0.871 bits per heavy atom. The molecular formula is C26H37Cl2NOZr. The molecule has 0 saturated carbocycles. The van der Waals surface area contributed by atoms with Gasteiger partial charge in [-0.3, -0.25) is 4.99 Å². The van der Waals surface area contributed by atoms with Crippen molar-refractivity contribution >= 4 is 28.9 Å². The average Bonchev–Trinajstić information content (AvgIpc) is 2.77. The van der Waals surface area contributed by atoms with E-state index in [-0.39, 0.29) is 0 Å². The van der Waals surface area contributed by atoms with Crippen LogP contribution in [0.5, 0.6) is 5.75 Å². The molecule has 2 aromatic carbocycles. The molecule has 31 heavy (non-hydrogen) atoms. The van der Waals surface area contributed by atoms with Crippen molar-refractivity contribution in [3.05, 3.63) is 59.2 Å². The molecule has 0 aliphatic carbocycles. The van der Waals surface area contributed by atoms with E-state index in [1.54, 1.807) is 6.21 Å². The zero-order chi connectivity index (χ0) is 22.7. The van der Waals surface area contributed by atoms with Crippen molar-refractivity contribution in [3.63, 3.8) is 0 Å². The van der Waals surface area contributed by atoms with Gasteiger partial charge in [-0.2, -0.15) is 0 Å². The summed E-state index contributed by atoms with van der Waals surface area (Å²) in [4.78, 5) is 4.49. The molecule has 0 bridgehead atoms. The molecule has 0 amide bonds. The number of aryl methyl sites for hydroxylation is 2. The number of hydrogen-bond acceptors (Lipinski definition) is 2. The molecule has 2 nitrogen and oxygen atoms in total. The molecule has 0 spiro atoms. The third kappa shape index (κ3) is 13.5. The number of phenols is 1. The Labute approximate surface area is 208 Å². The van der Waals surface area contributed by atoms with Gasteiger partial charge in [0.15, 0.2) is 0 Å². The summed E-state index contributed by atoms with van der Waals surface area (Å²) >= 11 is -0.826. The topological polar surface area (TPSA) is 32.6 Å². The summed E-state index contributed by atoms with van der Waals surface area (Å²) < 4.78 is 0. The number of phenolic OH excluding ortho intramolecular Hbond substituents is 1. The fraction of sp³-hybridized carbons (Fsp3) is 0.500. The number of hydrogen-bond donors (Lipinski definition) is 1. The fourth-order valence-corrected chi connectivity index (χ4v) is 3.60. The molecule has 2 rings (SSSR count). The van der Waals surface area contributed by atoms with E-state index in [4.69, 9.17) is 17.0 Å². The number of nitrogens with zero attached hydrogens (tertiary/aromatic N) is 1. The van der Waals surface area contributed by atoms with Crippen LogP contribution in [0.3, 0.4) is 0 Å². The van der Waals surface area contributed by atoms with Gasteiger partial charge in [-0.15, -0.1) is 0 Å². The van der Waals surface area contributed by atoms with Gasteiger partial charge in [0.2, 0.25) is 0 Å². The van der Waals surface area contributed by atoms with Crippen LogP contribution in [0.15, 0.2) is 47.5 Å². The van der Waals surface area contributed by atoms with E-state index in [9.17, 15) is 5.11 Å². The van der Waals surface area contributed by atoms with Gasteiger partial charge in [0.1, 0.15) is 5.75 Å². The Bertz CT molecular complexity index is 738. The molecule has 170 valence electrons. The van der Waals surface area contributed by atoms with E-state index in [2.05, 4.69) is 24.0 Å². The number of benzene rings is 2. The SMILES string of the molecule is CCCCCCCCCCCCc1cc(C)c(O)c(C=Nc2ccccc2)c1.[Cl][Zr][Cl]. The van der Waals surface area contributed by atoms with Gasteiger partial charge in [-0.1, -0.05) is 89.0 Å². The number of para-hydroxylation sites is 1. The molecule has 0 radical (unpaired) electrons. The van der Waals surface area contributed by atoms with Gasteiger partial charge < -0.3 is 5.11 Å². The predicted octanol–water partition coefficient (Wildman–Crippen LogP) is 9.29. The first kappa shape index (κ1) is 28.4. The van der Waals surface area contributed by atoms with Crippen molar-refractivity contribution in [1.82, 2.24) is 0 Å². The number of aromatic hydroxyl groups is 1. The number of rotatable bonds is 13. The maximum absolute atomic E-state index is 10.4. The second kappa shape index (κ2) is 18.9. The van der Waals surface area contributed by atoms with Crippen molar-refractivity contribution in [3.8, 4) is 5.75 Å². The molecule has 0 heterocycles. The second-order valence-corrected chi connectivity index (χ2v) is 11.7. The summed E-state index contributed by atoms with van der Waals surface area (Å²) in [6.45, 7) is 4.24. The van der Waals surface area contributed by atoms with E-state index in [1.807, 2.05) is 37.3 Å². The van der Waals surface area contributed by atoms with Crippen LogP contribution in [0.1, 0.15) is 87.8 Å². The molecule has 0 aliphatic heterocycles. The maximum atomic E-state index is 10.4. The normalized spacial score (nSPS) is 10.7. The fourth-order valence-electron chi connectivity index (χ4n) is 3.60. The number of unbranched alkanes of at least 4 members (excludes halogenated alkanes) is 9. The Morgan fingerprint density at radius 2 is 1.42 bits per heavy atom. The van der Waals surface area contributed by atoms with Gasteiger partial charge in [0.25, 0.3) is 0 Å². The van der Waals surface area contributed by atoms with Gasteiger partial charge in [-0.05, 0) is 49.1 Å². The van der Waals surface area contributed by atoms with E-state index in [0.29, 0.717) is 5.75 Å². The quantitative estimate of drug-likeness (QED) is 0.199. The molecule has 0 atom stereocenters. The summed E-state index contributed by atoms with van der Waals surface area (Å²) in [5.74, 6) is 0.339. The van der Waals surface area contributed by atoms with E-state index in [1.165, 1.54) is 69.8 Å². The Morgan fingerprint density at radius 3 is 2.00 bits per heavy atom. The molecule has 2 aromatic rings. The molecule has 0 aromatic heterocycles. The third-order valence-electron chi connectivity index (χ3n) is 5.32. The van der Waals surface area contributed by atoms with Crippen molar-refractivity contribution in [2.75, 3.05) is 0 Å². The van der Waals surface area contributed by atoms with Crippen molar-refractivity contribution in [2.24, 2.45) is 4.99 Å². The minimum absolute atomic E-state index is 0.339. The minimum atomic E-state index is -0.826. The van der Waals surface area contributed by atoms with Crippen LogP contribution in [0.25, 0.3) is 0 Å². The van der Waals surface area contributed by atoms with Crippen LogP contribution in [0, 0.1) is 6.92 Å². The molecule has 0 saturated heterocycles. The van der Waals surface area contributed by atoms with E-state index < -0.39 is 20.8 Å². The molecule has 0 fully saturated rings. The summed E-state index contributed by atoms with van der Waals surface area (Å²) in [5.41, 5.74) is 3.94. The van der Waals surface area contributed by atoms with Crippen molar-refractivity contribution in [2.45, 2.75) is 84.5 Å². The van der Waals surface area contributed by atoms with Gasteiger partial charge in [0.05, 0.1) is 5.69 Å². The Kier molecular flexibility index (Phi) is 17.3. The van der Waals surface area contributed by atoms with Crippen LogP contribution < -0.4 is 0 Å². The van der Waals surface area contributed by atoms with E-state index >= 15 is 0 Å². The Hall–Kier alpha value is -0.627. The summed E-state index contributed by atoms with van der Waals surface area (Å²) in [5, 5.41) is 10.4. The summed E-state index contributed by atoms with van der Waals surface area (Å²) in [7, 11) is 9.87. The van der Waals surface area contributed by atoms with Gasteiger partial charge >= 0.3 is 37.9 Å². The van der Waals surface area contributed by atoms with Crippen molar-refractivity contribution < 1.29 is 26.0 Å². The van der Waals surface area contributed by atoms with Crippen LogP contribution in [0.2, 0.25) is 0 Å². The van der Waals surface area contributed by atoms with Crippen molar-refractivity contribution in [1.29, 1.82) is 0 Å². The summed E-state index contributed by atoms with van der Waals surface area (Å²) in [6, 6.07) is 14.1. The summed E-state index contributed by atoms with van der Waals surface area (Å²) in [6.07, 6.45) is 16.4. The number of aliphatic imine (C=N–C) groups is 1. The van der Waals surface area contributed by atoms with E-state index in [0.717, 1.165) is 23.2 Å². The molecule has 0 unspecified atom stereocenters. The molecular weight excluding hydrogens is 504 g/mol.